The summed E-state index contributed by atoms with van der Waals surface area (Å²) in [6.07, 6.45) is 2.52. The number of anilines is 1. The highest BCUT2D eigenvalue weighted by atomic mass is 15.1. The van der Waals surface area contributed by atoms with Crippen molar-refractivity contribution >= 4 is 5.69 Å². The second-order valence-corrected chi connectivity index (χ2v) is 5.66. The average molecular weight is 246 g/mol. The smallest absolute Gasteiger partial charge is 0.0412 e. The third-order valence-corrected chi connectivity index (χ3v) is 4.26. The Hall–Kier alpha value is -1.02. The first-order valence-corrected chi connectivity index (χ1v) is 7.14. The third-order valence-electron chi connectivity index (χ3n) is 4.26. The molecule has 1 aliphatic carbocycles. The Labute approximate surface area is 111 Å². The van der Waals surface area contributed by atoms with E-state index in [2.05, 4.69) is 55.4 Å². The second kappa shape index (κ2) is 5.75. The van der Waals surface area contributed by atoms with Crippen LogP contribution in [0.15, 0.2) is 24.3 Å². The fourth-order valence-corrected chi connectivity index (χ4v) is 2.81. The SMILES string of the molecule is CCC(NC)c1ccccc1N(C)CC1CC1C. The van der Waals surface area contributed by atoms with Crippen molar-refractivity contribution in [3.63, 3.8) is 0 Å². The summed E-state index contributed by atoms with van der Waals surface area (Å²) in [7, 11) is 4.28. The molecule has 1 aromatic rings. The maximum Gasteiger partial charge on any atom is 0.0412 e. The molecular weight excluding hydrogens is 220 g/mol. The van der Waals surface area contributed by atoms with Crippen molar-refractivity contribution in [2.45, 2.75) is 32.7 Å². The Balaban J connectivity index is 2.15. The van der Waals surface area contributed by atoms with Crippen LogP contribution in [0.1, 0.15) is 38.3 Å². The minimum Gasteiger partial charge on any atom is -0.374 e. The quantitative estimate of drug-likeness (QED) is 0.827. The van der Waals surface area contributed by atoms with Gasteiger partial charge in [0.05, 0.1) is 0 Å². The molecule has 1 saturated carbocycles. The Morgan fingerprint density at radius 1 is 1.39 bits per heavy atom. The topological polar surface area (TPSA) is 15.3 Å². The van der Waals surface area contributed by atoms with Gasteiger partial charge >= 0.3 is 0 Å². The Kier molecular flexibility index (Phi) is 4.28. The van der Waals surface area contributed by atoms with Gasteiger partial charge in [-0.2, -0.15) is 0 Å². The Bertz CT molecular complexity index is 384. The highest BCUT2D eigenvalue weighted by Crippen LogP contribution is 2.39. The zero-order valence-corrected chi connectivity index (χ0v) is 12.1. The molecule has 1 aromatic carbocycles. The zero-order chi connectivity index (χ0) is 13.1. The highest BCUT2D eigenvalue weighted by Gasteiger charge is 2.33. The van der Waals surface area contributed by atoms with Crippen LogP contribution >= 0.6 is 0 Å². The molecule has 2 heteroatoms. The lowest BCUT2D eigenvalue weighted by atomic mass is 10.0. The van der Waals surface area contributed by atoms with E-state index in [1.807, 2.05) is 7.05 Å². The van der Waals surface area contributed by atoms with E-state index in [-0.39, 0.29) is 0 Å². The van der Waals surface area contributed by atoms with Gasteiger partial charge in [0.25, 0.3) is 0 Å². The van der Waals surface area contributed by atoms with Gasteiger partial charge in [-0.15, -0.1) is 0 Å². The first kappa shape index (κ1) is 13.4. The average Bonchev–Trinajstić information content (AvgIpc) is 3.07. The first-order chi connectivity index (χ1) is 8.67. The monoisotopic (exact) mass is 246 g/mol. The number of benzene rings is 1. The largest absolute Gasteiger partial charge is 0.374 e. The van der Waals surface area contributed by atoms with Crippen molar-refractivity contribution in [3.8, 4) is 0 Å². The van der Waals surface area contributed by atoms with Gasteiger partial charge < -0.3 is 10.2 Å². The van der Waals surface area contributed by atoms with E-state index in [4.69, 9.17) is 0 Å². The molecule has 3 atom stereocenters. The van der Waals surface area contributed by atoms with Crippen LogP contribution < -0.4 is 10.2 Å². The molecule has 0 radical (unpaired) electrons. The Morgan fingerprint density at radius 2 is 2.06 bits per heavy atom. The highest BCUT2D eigenvalue weighted by molar-refractivity contribution is 5.54. The molecule has 2 rings (SSSR count). The van der Waals surface area contributed by atoms with Gasteiger partial charge in [-0.1, -0.05) is 32.0 Å². The van der Waals surface area contributed by atoms with Crippen molar-refractivity contribution in [2.75, 3.05) is 25.5 Å². The van der Waals surface area contributed by atoms with Gasteiger partial charge in [0.1, 0.15) is 0 Å². The van der Waals surface area contributed by atoms with E-state index >= 15 is 0 Å². The zero-order valence-electron chi connectivity index (χ0n) is 12.1. The number of nitrogens with zero attached hydrogens (tertiary/aromatic N) is 1. The van der Waals surface area contributed by atoms with Crippen LogP contribution in [-0.4, -0.2) is 20.6 Å². The molecule has 1 N–H and O–H groups in total. The van der Waals surface area contributed by atoms with Gasteiger partial charge in [0, 0.05) is 25.3 Å². The van der Waals surface area contributed by atoms with Crippen molar-refractivity contribution in [3.05, 3.63) is 29.8 Å². The molecule has 0 saturated heterocycles. The van der Waals surface area contributed by atoms with E-state index in [0.29, 0.717) is 6.04 Å². The summed E-state index contributed by atoms with van der Waals surface area (Å²) < 4.78 is 0. The number of rotatable bonds is 6. The number of para-hydroxylation sites is 1. The van der Waals surface area contributed by atoms with Crippen molar-refractivity contribution < 1.29 is 0 Å². The molecule has 0 bridgehead atoms. The normalized spacial score (nSPS) is 23.8. The van der Waals surface area contributed by atoms with Crippen LogP contribution in [0.4, 0.5) is 5.69 Å². The van der Waals surface area contributed by atoms with Crippen LogP contribution in [0, 0.1) is 11.8 Å². The summed E-state index contributed by atoms with van der Waals surface area (Å²) in [5.41, 5.74) is 2.82. The van der Waals surface area contributed by atoms with Crippen molar-refractivity contribution in [1.29, 1.82) is 0 Å². The summed E-state index contributed by atoms with van der Waals surface area (Å²) in [5, 5.41) is 3.41. The Morgan fingerprint density at radius 3 is 2.61 bits per heavy atom. The first-order valence-electron chi connectivity index (χ1n) is 7.14. The lowest BCUT2D eigenvalue weighted by Crippen LogP contribution is -2.24. The van der Waals surface area contributed by atoms with Gasteiger partial charge in [-0.05, 0) is 43.4 Å². The number of hydrogen-bond acceptors (Lipinski definition) is 2. The third kappa shape index (κ3) is 2.86. The molecule has 3 unspecified atom stereocenters. The molecule has 1 aliphatic rings. The van der Waals surface area contributed by atoms with E-state index < -0.39 is 0 Å². The molecule has 0 spiro atoms. The molecule has 0 heterocycles. The summed E-state index contributed by atoms with van der Waals surface area (Å²) in [5.74, 6) is 1.82. The van der Waals surface area contributed by atoms with E-state index in [9.17, 15) is 0 Å². The van der Waals surface area contributed by atoms with Gasteiger partial charge in [0.15, 0.2) is 0 Å². The minimum absolute atomic E-state index is 0.459. The van der Waals surface area contributed by atoms with Gasteiger partial charge in [-0.3, -0.25) is 0 Å². The maximum atomic E-state index is 3.41. The standard InChI is InChI=1S/C16H26N2/c1-5-15(17-3)14-8-6-7-9-16(14)18(4)11-13-10-12(13)2/h6-9,12-13,15,17H,5,10-11H2,1-4H3. The fraction of sp³-hybridized carbons (Fsp3) is 0.625. The van der Waals surface area contributed by atoms with Gasteiger partial charge in [-0.25, -0.2) is 0 Å². The molecule has 100 valence electrons. The molecule has 0 aromatic heterocycles. The molecule has 0 amide bonds. The van der Waals surface area contributed by atoms with E-state index in [1.54, 1.807) is 0 Å². The predicted octanol–water partition coefficient (Wildman–Crippen LogP) is 3.45. The van der Waals surface area contributed by atoms with E-state index in [0.717, 1.165) is 18.3 Å². The molecule has 18 heavy (non-hydrogen) atoms. The van der Waals surface area contributed by atoms with Crippen LogP contribution in [0.25, 0.3) is 0 Å². The molecule has 0 aliphatic heterocycles. The second-order valence-electron chi connectivity index (χ2n) is 5.66. The minimum atomic E-state index is 0.459. The van der Waals surface area contributed by atoms with Crippen LogP contribution in [0.5, 0.6) is 0 Å². The molecule has 1 fully saturated rings. The number of hydrogen-bond donors (Lipinski definition) is 1. The summed E-state index contributed by atoms with van der Waals surface area (Å²) in [4.78, 5) is 2.43. The molecule has 2 nitrogen and oxygen atoms in total. The molecular formula is C16H26N2. The predicted molar refractivity (Wildman–Crippen MR) is 79.1 cm³/mol. The summed E-state index contributed by atoms with van der Waals surface area (Å²) in [6.45, 7) is 5.78. The van der Waals surface area contributed by atoms with Crippen molar-refractivity contribution in [1.82, 2.24) is 5.32 Å². The summed E-state index contributed by atoms with van der Waals surface area (Å²) >= 11 is 0. The maximum absolute atomic E-state index is 3.41. The lowest BCUT2D eigenvalue weighted by Gasteiger charge is -2.26. The fourth-order valence-electron chi connectivity index (χ4n) is 2.81. The van der Waals surface area contributed by atoms with Crippen LogP contribution in [0.2, 0.25) is 0 Å². The number of nitrogens with one attached hydrogen (secondary N) is 1. The lowest BCUT2D eigenvalue weighted by molar-refractivity contribution is 0.574. The van der Waals surface area contributed by atoms with Crippen LogP contribution in [-0.2, 0) is 0 Å². The van der Waals surface area contributed by atoms with Crippen LogP contribution in [0.3, 0.4) is 0 Å². The summed E-state index contributed by atoms with van der Waals surface area (Å²) in [6, 6.07) is 9.26. The van der Waals surface area contributed by atoms with Crippen molar-refractivity contribution in [2.24, 2.45) is 11.8 Å². The van der Waals surface area contributed by atoms with E-state index in [1.165, 1.54) is 24.2 Å². The van der Waals surface area contributed by atoms with Gasteiger partial charge in [0.2, 0.25) is 0 Å².